The van der Waals surface area contributed by atoms with Crippen molar-refractivity contribution in [2.75, 3.05) is 6.54 Å². The molecule has 0 unspecified atom stereocenters. The molecule has 0 radical (unpaired) electrons. The Balaban J connectivity index is 1.58. The Labute approximate surface area is 117 Å². The van der Waals surface area contributed by atoms with Crippen LogP contribution in [-0.2, 0) is 24.3 Å². The molecular weight excluding hydrogens is 254 g/mol. The van der Waals surface area contributed by atoms with E-state index in [9.17, 15) is 4.79 Å². The number of aromatic nitrogens is 2. The second-order valence-corrected chi connectivity index (χ2v) is 5.04. The van der Waals surface area contributed by atoms with Crippen LogP contribution in [0.1, 0.15) is 22.5 Å². The smallest absolute Gasteiger partial charge is 0.410 e. The zero-order valence-corrected chi connectivity index (χ0v) is 11.4. The molecule has 1 aromatic heterocycles. The number of H-pyrrole nitrogens is 1. The van der Waals surface area contributed by atoms with Crippen LogP contribution < -0.4 is 0 Å². The standard InChI is InChI=1S/C15H17N3O2/c1-11-3-2-4-12(7-11)9-20-15(19)18-6-5-13-14(8-18)17-10-16-13/h2-4,7,10H,5-6,8-9H2,1H3,(H,16,17). The molecular formula is C15H17N3O2. The molecule has 5 nitrogen and oxygen atoms in total. The van der Waals surface area contributed by atoms with Crippen molar-refractivity contribution in [3.63, 3.8) is 0 Å². The van der Waals surface area contributed by atoms with Crippen LogP contribution in [0.25, 0.3) is 0 Å². The van der Waals surface area contributed by atoms with Gasteiger partial charge in [0.25, 0.3) is 0 Å². The zero-order valence-electron chi connectivity index (χ0n) is 11.4. The Kier molecular flexibility index (Phi) is 3.41. The van der Waals surface area contributed by atoms with Gasteiger partial charge in [0.1, 0.15) is 6.61 Å². The Morgan fingerprint density at radius 1 is 1.50 bits per heavy atom. The molecule has 2 aromatic rings. The summed E-state index contributed by atoms with van der Waals surface area (Å²) in [6.07, 6.45) is 2.18. The topological polar surface area (TPSA) is 58.2 Å². The van der Waals surface area contributed by atoms with E-state index in [2.05, 4.69) is 9.97 Å². The highest BCUT2D eigenvalue weighted by Gasteiger charge is 2.23. The molecule has 0 saturated carbocycles. The van der Waals surface area contributed by atoms with Crippen molar-refractivity contribution in [2.24, 2.45) is 0 Å². The minimum atomic E-state index is -0.272. The van der Waals surface area contributed by atoms with Gasteiger partial charge in [0.05, 0.1) is 24.3 Å². The lowest BCUT2D eigenvalue weighted by Gasteiger charge is -2.25. The Morgan fingerprint density at radius 3 is 3.25 bits per heavy atom. The second-order valence-electron chi connectivity index (χ2n) is 5.04. The summed E-state index contributed by atoms with van der Waals surface area (Å²) < 4.78 is 5.37. The number of rotatable bonds is 2. The summed E-state index contributed by atoms with van der Waals surface area (Å²) in [7, 11) is 0. The summed E-state index contributed by atoms with van der Waals surface area (Å²) in [5.41, 5.74) is 4.23. The van der Waals surface area contributed by atoms with Gasteiger partial charge in [-0.3, -0.25) is 0 Å². The minimum Gasteiger partial charge on any atom is -0.445 e. The number of carbonyl (C=O) groups excluding carboxylic acids is 1. The lowest BCUT2D eigenvalue weighted by molar-refractivity contribution is 0.0912. The van der Waals surface area contributed by atoms with Crippen molar-refractivity contribution in [3.05, 3.63) is 53.1 Å². The van der Waals surface area contributed by atoms with Gasteiger partial charge in [-0.1, -0.05) is 29.8 Å². The van der Waals surface area contributed by atoms with Gasteiger partial charge in [0.2, 0.25) is 0 Å². The number of aryl methyl sites for hydroxylation is 1. The quantitative estimate of drug-likeness (QED) is 0.912. The fourth-order valence-corrected chi connectivity index (χ4v) is 2.41. The molecule has 1 aromatic carbocycles. The van der Waals surface area contributed by atoms with Crippen molar-refractivity contribution >= 4 is 6.09 Å². The molecule has 3 rings (SSSR count). The van der Waals surface area contributed by atoms with Gasteiger partial charge in [-0.15, -0.1) is 0 Å². The molecule has 1 amide bonds. The first-order chi connectivity index (χ1) is 9.72. The van der Waals surface area contributed by atoms with Crippen molar-refractivity contribution in [1.29, 1.82) is 0 Å². The summed E-state index contributed by atoms with van der Waals surface area (Å²) in [5.74, 6) is 0. The maximum Gasteiger partial charge on any atom is 0.410 e. The number of fused-ring (bicyclic) bond motifs is 1. The summed E-state index contributed by atoms with van der Waals surface area (Å²) in [6.45, 7) is 3.54. The molecule has 1 N–H and O–H groups in total. The molecule has 0 fully saturated rings. The van der Waals surface area contributed by atoms with E-state index in [4.69, 9.17) is 4.74 Å². The fourth-order valence-electron chi connectivity index (χ4n) is 2.41. The zero-order chi connectivity index (χ0) is 13.9. The van der Waals surface area contributed by atoms with E-state index in [1.54, 1.807) is 11.2 Å². The third-order valence-electron chi connectivity index (χ3n) is 3.48. The minimum absolute atomic E-state index is 0.272. The van der Waals surface area contributed by atoms with Gasteiger partial charge < -0.3 is 14.6 Å². The van der Waals surface area contributed by atoms with Crippen molar-refractivity contribution in [3.8, 4) is 0 Å². The molecule has 5 heteroatoms. The molecule has 0 bridgehead atoms. The molecule has 20 heavy (non-hydrogen) atoms. The largest absolute Gasteiger partial charge is 0.445 e. The number of hydrogen-bond donors (Lipinski definition) is 1. The molecule has 0 spiro atoms. The van der Waals surface area contributed by atoms with Crippen molar-refractivity contribution in [2.45, 2.75) is 26.5 Å². The van der Waals surface area contributed by atoms with Crippen LogP contribution in [-0.4, -0.2) is 27.5 Å². The maximum absolute atomic E-state index is 12.1. The van der Waals surface area contributed by atoms with Gasteiger partial charge >= 0.3 is 6.09 Å². The highest BCUT2D eigenvalue weighted by molar-refractivity contribution is 5.68. The van der Waals surface area contributed by atoms with E-state index < -0.39 is 0 Å². The number of carbonyl (C=O) groups is 1. The first kappa shape index (κ1) is 12.7. The average Bonchev–Trinajstić information content (AvgIpc) is 2.92. The molecule has 104 valence electrons. The van der Waals surface area contributed by atoms with Gasteiger partial charge in [-0.25, -0.2) is 9.78 Å². The molecule has 1 aliphatic rings. The Hall–Kier alpha value is -2.30. The predicted molar refractivity (Wildman–Crippen MR) is 74.1 cm³/mol. The van der Waals surface area contributed by atoms with Gasteiger partial charge in [-0.05, 0) is 12.5 Å². The molecule has 2 heterocycles. The van der Waals surface area contributed by atoms with E-state index in [0.29, 0.717) is 19.7 Å². The Bertz CT molecular complexity index is 621. The van der Waals surface area contributed by atoms with Crippen LogP contribution in [0.5, 0.6) is 0 Å². The van der Waals surface area contributed by atoms with Crippen molar-refractivity contribution < 1.29 is 9.53 Å². The summed E-state index contributed by atoms with van der Waals surface area (Å²) in [4.78, 5) is 21.0. The number of benzene rings is 1. The van der Waals surface area contributed by atoms with Gasteiger partial charge in [0, 0.05) is 13.0 Å². The highest BCUT2D eigenvalue weighted by Crippen LogP contribution is 2.16. The van der Waals surface area contributed by atoms with Crippen LogP contribution >= 0.6 is 0 Å². The number of nitrogens with one attached hydrogen (secondary N) is 1. The summed E-state index contributed by atoms with van der Waals surface area (Å²) >= 11 is 0. The van der Waals surface area contributed by atoms with Gasteiger partial charge in [0.15, 0.2) is 0 Å². The molecule has 0 atom stereocenters. The second kappa shape index (κ2) is 5.36. The van der Waals surface area contributed by atoms with E-state index in [1.807, 2.05) is 31.2 Å². The maximum atomic E-state index is 12.1. The van der Waals surface area contributed by atoms with E-state index in [0.717, 1.165) is 23.4 Å². The van der Waals surface area contributed by atoms with Crippen LogP contribution in [0.15, 0.2) is 30.6 Å². The van der Waals surface area contributed by atoms with Crippen LogP contribution in [0, 0.1) is 6.92 Å². The van der Waals surface area contributed by atoms with Gasteiger partial charge in [-0.2, -0.15) is 0 Å². The fraction of sp³-hybridized carbons (Fsp3) is 0.333. The van der Waals surface area contributed by atoms with E-state index >= 15 is 0 Å². The molecule has 1 aliphatic heterocycles. The first-order valence-corrected chi connectivity index (χ1v) is 6.71. The molecule has 0 saturated heterocycles. The number of aromatic amines is 1. The highest BCUT2D eigenvalue weighted by atomic mass is 16.6. The SMILES string of the molecule is Cc1cccc(COC(=O)N2CCc3nc[nH]c3C2)c1. The number of nitrogens with zero attached hydrogens (tertiary/aromatic N) is 2. The number of imidazole rings is 1. The summed E-state index contributed by atoms with van der Waals surface area (Å²) in [5, 5.41) is 0. The Morgan fingerprint density at radius 2 is 2.40 bits per heavy atom. The van der Waals surface area contributed by atoms with Crippen LogP contribution in [0.2, 0.25) is 0 Å². The number of amides is 1. The number of ether oxygens (including phenoxy) is 1. The van der Waals surface area contributed by atoms with Crippen LogP contribution in [0.4, 0.5) is 4.79 Å². The van der Waals surface area contributed by atoms with E-state index in [1.165, 1.54) is 5.56 Å². The average molecular weight is 271 g/mol. The lowest BCUT2D eigenvalue weighted by atomic mass is 10.1. The monoisotopic (exact) mass is 271 g/mol. The van der Waals surface area contributed by atoms with E-state index in [-0.39, 0.29) is 6.09 Å². The first-order valence-electron chi connectivity index (χ1n) is 6.71. The normalized spacial score (nSPS) is 13.9. The third kappa shape index (κ3) is 2.66. The predicted octanol–water partition coefficient (Wildman–Crippen LogP) is 2.41. The lowest BCUT2D eigenvalue weighted by Crippen LogP contribution is -2.36. The van der Waals surface area contributed by atoms with Crippen molar-refractivity contribution in [1.82, 2.24) is 14.9 Å². The molecule has 0 aliphatic carbocycles. The number of hydrogen-bond acceptors (Lipinski definition) is 3. The van der Waals surface area contributed by atoms with Crippen LogP contribution in [0.3, 0.4) is 0 Å². The third-order valence-corrected chi connectivity index (χ3v) is 3.48. The summed E-state index contributed by atoms with van der Waals surface area (Å²) in [6, 6.07) is 7.98.